The second-order valence-electron chi connectivity index (χ2n) is 5.56. The maximum absolute atomic E-state index is 11.7. The highest BCUT2D eigenvalue weighted by Gasteiger charge is 2.16. The summed E-state index contributed by atoms with van der Waals surface area (Å²) >= 11 is 0. The maximum Gasteiger partial charge on any atom is 0.246 e. The summed E-state index contributed by atoms with van der Waals surface area (Å²) in [5, 5.41) is 6.49. The van der Waals surface area contributed by atoms with E-state index in [1.54, 1.807) is 0 Å². The second-order valence-corrected chi connectivity index (χ2v) is 5.56. The van der Waals surface area contributed by atoms with E-state index in [2.05, 4.69) is 10.6 Å². The van der Waals surface area contributed by atoms with E-state index in [9.17, 15) is 4.79 Å². The summed E-state index contributed by atoms with van der Waals surface area (Å²) in [5.41, 5.74) is 0. The van der Waals surface area contributed by atoms with Gasteiger partial charge in [-0.05, 0) is 32.2 Å². The third-order valence-electron chi connectivity index (χ3n) is 3.93. The molecular weight excluding hydrogens is 228 g/mol. The van der Waals surface area contributed by atoms with Crippen LogP contribution in [-0.4, -0.2) is 37.7 Å². The second kappa shape index (κ2) is 7.74. The largest absolute Gasteiger partial charge is 0.370 e. The Kier molecular flexibility index (Phi) is 5.94. The van der Waals surface area contributed by atoms with Gasteiger partial charge in [0.2, 0.25) is 5.91 Å². The van der Waals surface area contributed by atoms with Gasteiger partial charge < -0.3 is 15.4 Å². The number of nitrogens with one attached hydrogen (secondary N) is 2. The van der Waals surface area contributed by atoms with Crippen LogP contribution in [0.15, 0.2) is 0 Å². The van der Waals surface area contributed by atoms with Crippen LogP contribution in [0.5, 0.6) is 0 Å². The molecular formula is C14H26N2O2. The van der Waals surface area contributed by atoms with E-state index >= 15 is 0 Å². The van der Waals surface area contributed by atoms with Crippen molar-refractivity contribution in [1.29, 1.82) is 0 Å². The number of ether oxygens (including phenoxy) is 1. The number of hydrogen-bond acceptors (Lipinski definition) is 3. The average Bonchev–Trinajstić information content (AvgIpc) is 2.41. The molecule has 4 heteroatoms. The molecule has 1 unspecified atom stereocenters. The number of amides is 1. The molecule has 0 spiro atoms. The van der Waals surface area contributed by atoms with E-state index in [1.807, 2.05) is 0 Å². The number of carbonyl (C=O) groups excluding carboxylic acids is 1. The van der Waals surface area contributed by atoms with Crippen molar-refractivity contribution in [2.75, 3.05) is 19.8 Å². The summed E-state index contributed by atoms with van der Waals surface area (Å²) in [6.07, 6.45) is 9.79. The molecule has 4 nitrogen and oxygen atoms in total. The number of piperidine rings is 1. The lowest BCUT2D eigenvalue weighted by atomic mass is 9.95. The molecule has 1 amide bonds. The van der Waals surface area contributed by atoms with Crippen molar-refractivity contribution in [2.45, 2.75) is 63.5 Å². The molecule has 1 aliphatic carbocycles. The molecule has 0 radical (unpaired) electrons. The molecule has 104 valence electrons. The molecule has 1 heterocycles. The van der Waals surface area contributed by atoms with Crippen LogP contribution in [0.3, 0.4) is 0 Å². The molecule has 0 aromatic heterocycles. The fourth-order valence-corrected chi connectivity index (χ4v) is 2.88. The van der Waals surface area contributed by atoms with Crippen LogP contribution >= 0.6 is 0 Å². The SMILES string of the molecule is O=C(COCC1CCCCN1)NC1CCCCC1. The molecule has 1 saturated heterocycles. The summed E-state index contributed by atoms with van der Waals surface area (Å²) in [5.74, 6) is 0.0534. The molecule has 0 aromatic rings. The minimum absolute atomic E-state index is 0.0534. The van der Waals surface area contributed by atoms with Crippen molar-refractivity contribution in [1.82, 2.24) is 10.6 Å². The quantitative estimate of drug-likeness (QED) is 0.783. The minimum atomic E-state index is 0.0534. The van der Waals surface area contributed by atoms with Crippen LogP contribution in [0.1, 0.15) is 51.4 Å². The van der Waals surface area contributed by atoms with Crippen LogP contribution in [0, 0.1) is 0 Å². The lowest BCUT2D eigenvalue weighted by Gasteiger charge is -2.24. The standard InChI is InChI=1S/C14H26N2O2/c17-14(16-12-6-2-1-3-7-12)11-18-10-13-8-4-5-9-15-13/h12-13,15H,1-11H2,(H,16,17). The predicted octanol–water partition coefficient (Wildman–Crippen LogP) is 1.59. The summed E-state index contributed by atoms with van der Waals surface area (Å²) in [4.78, 5) is 11.7. The predicted molar refractivity (Wildman–Crippen MR) is 71.5 cm³/mol. The van der Waals surface area contributed by atoms with E-state index in [1.165, 1.54) is 38.5 Å². The van der Waals surface area contributed by atoms with Crippen molar-refractivity contribution in [3.8, 4) is 0 Å². The van der Waals surface area contributed by atoms with Gasteiger partial charge in [0.05, 0.1) is 6.61 Å². The van der Waals surface area contributed by atoms with E-state index < -0.39 is 0 Å². The third-order valence-corrected chi connectivity index (χ3v) is 3.93. The van der Waals surface area contributed by atoms with Crippen molar-refractivity contribution in [3.63, 3.8) is 0 Å². The van der Waals surface area contributed by atoms with Gasteiger partial charge in [0.15, 0.2) is 0 Å². The highest BCUT2D eigenvalue weighted by atomic mass is 16.5. The van der Waals surface area contributed by atoms with Gasteiger partial charge in [-0.2, -0.15) is 0 Å². The number of carbonyl (C=O) groups is 1. The Labute approximate surface area is 110 Å². The zero-order valence-corrected chi connectivity index (χ0v) is 11.2. The van der Waals surface area contributed by atoms with Crippen molar-refractivity contribution >= 4 is 5.91 Å². The fourth-order valence-electron chi connectivity index (χ4n) is 2.88. The number of hydrogen-bond donors (Lipinski definition) is 2. The monoisotopic (exact) mass is 254 g/mol. The Hall–Kier alpha value is -0.610. The lowest BCUT2D eigenvalue weighted by Crippen LogP contribution is -2.41. The van der Waals surface area contributed by atoms with Crippen LogP contribution in [0.4, 0.5) is 0 Å². The molecule has 2 fully saturated rings. The molecule has 18 heavy (non-hydrogen) atoms. The van der Waals surface area contributed by atoms with Gasteiger partial charge in [0.1, 0.15) is 6.61 Å². The van der Waals surface area contributed by atoms with Gasteiger partial charge in [0, 0.05) is 12.1 Å². The van der Waals surface area contributed by atoms with E-state index in [0.29, 0.717) is 18.7 Å². The topological polar surface area (TPSA) is 50.4 Å². The summed E-state index contributed by atoms with van der Waals surface area (Å²) in [6.45, 7) is 1.97. The minimum Gasteiger partial charge on any atom is -0.370 e. The Morgan fingerprint density at radius 3 is 2.61 bits per heavy atom. The van der Waals surface area contributed by atoms with E-state index in [-0.39, 0.29) is 12.5 Å². The molecule has 2 rings (SSSR count). The first-order valence-electron chi connectivity index (χ1n) is 7.45. The summed E-state index contributed by atoms with van der Waals surface area (Å²) in [7, 11) is 0. The zero-order valence-electron chi connectivity index (χ0n) is 11.2. The first-order valence-corrected chi connectivity index (χ1v) is 7.45. The van der Waals surface area contributed by atoms with Crippen molar-refractivity contribution < 1.29 is 9.53 Å². The first kappa shape index (κ1) is 13.8. The molecule has 1 atom stereocenters. The first-order chi connectivity index (χ1) is 8.84. The Balaban J connectivity index is 1.53. The van der Waals surface area contributed by atoms with Crippen LogP contribution in [0.25, 0.3) is 0 Å². The van der Waals surface area contributed by atoms with E-state index in [0.717, 1.165) is 19.4 Å². The molecule has 2 N–H and O–H groups in total. The van der Waals surface area contributed by atoms with Crippen LogP contribution in [0.2, 0.25) is 0 Å². The van der Waals surface area contributed by atoms with Crippen molar-refractivity contribution in [3.05, 3.63) is 0 Å². The van der Waals surface area contributed by atoms with Gasteiger partial charge >= 0.3 is 0 Å². The third kappa shape index (κ3) is 4.94. The molecule has 1 saturated carbocycles. The maximum atomic E-state index is 11.7. The average molecular weight is 254 g/mol. The fraction of sp³-hybridized carbons (Fsp3) is 0.929. The highest BCUT2D eigenvalue weighted by molar-refractivity contribution is 5.77. The van der Waals surface area contributed by atoms with Gasteiger partial charge in [-0.15, -0.1) is 0 Å². The lowest BCUT2D eigenvalue weighted by molar-refractivity contribution is -0.126. The number of rotatable bonds is 5. The molecule has 1 aliphatic heterocycles. The molecule has 0 bridgehead atoms. The van der Waals surface area contributed by atoms with Gasteiger partial charge in [0.25, 0.3) is 0 Å². The summed E-state index contributed by atoms with van der Waals surface area (Å²) in [6, 6.07) is 0.837. The summed E-state index contributed by atoms with van der Waals surface area (Å²) < 4.78 is 5.50. The smallest absolute Gasteiger partial charge is 0.246 e. The van der Waals surface area contributed by atoms with Gasteiger partial charge in [-0.25, -0.2) is 0 Å². The zero-order chi connectivity index (χ0) is 12.6. The van der Waals surface area contributed by atoms with Gasteiger partial charge in [-0.3, -0.25) is 4.79 Å². The highest BCUT2D eigenvalue weighted by Crippen LogP contribution is 2.17. The Bertz CT molecular complexity index is 246. The van der Waals surface area contributed by atoms with Crippen LogP contribution < -0.4 is 10.6 Å². The Morgan fingerprint density at radius 2 is 1.89 bits per heavy atom. The normalized spacial score (nSPS) is 25.9. The van der Waals surface area contributed by atoms with Gasteiger partial charge in [-0.1, -0.05) is 25.7 Å². The van der Waals surface area contributed by atoms with Crippen LogP contribution in [-0.2, 0) is 9.53 Å². The Morgan fingerprint density at radius 1 is 1.11 bits per heavy atom. The molecule has 2 aliphatic rings. The van der Waals surface area contributed by atoms with Crippen molar-refractivity contribution in [2.24, 2.45) is 0 Å². The van der Waals surface area contributed by atoms with E-state index in [4.69, 9.17) is 4.74 Å². The molecule has 0 aromatic carbocycles.